The van der Waals surface area contributed by atoms with Crippen molar-refractivity contribution in [3.8, 4) is 5.75 Å². The van der Waals surface area contributed by atoms with Crippen molar-refractivity contribution >= 4 is 38.5 Å². The van der Waals surface area contributed by atoms with Crippen LogP contribution >= 0.6 is 0 Å². The Morgan fingerprint density at radius 3 is 2.41 bits per heavy atom. The second-order valence-corrected chi connectivity index (χ2v) is 15.2. The number of amides is 1. The summed E-state index contributed by atoms with van der Waals surface area (Å²) in [5.74, 6) is 1.85. The van der Waals surface area contributed by atoms with Gasteiger partial charge in [-0.15, -0.1) is 0 Å². The Morgan fingerprint density at radius 2 is 1.69 bits per heavy atom. The van der Waals surface area contributed by atoms with E-state index in [2.05, 4.69) is 24.9 Å². The first-order valence-electron chi connectivity index (χ1n) is 17.6. The number of nitrogens with zero attached hydrogens (tertiary/aromatic N) is 9. The van der Waals surface area contributed by atoms with Gasteiger partial charge >= 0.3 is 0 Å². The van der Waals surface area contributed by atoms with Crippen LogP contribution in [0.4, 0.5) is 11.5 Å². The van der Waals surface area contributed by atoms with Crippen molar-refractivity contribution in [2.75, 3.05) is 63.9 Å². The number of hydrogen-bond donors (Lipinski definition) is 0. The summed E-state index contributed by atoms with van der Waals surface area (Å²) in [6.07, 6.45) is 6.77. The van der Waals surface area contributed by atoms with Gasteiger partial charge in [-0.05, 0) is 56.4 Å². The van der Waals surface area contributed by atoms with Crippen molar-refractivity contribution in [3.05, 3.63) is 76.7 Å². The first-order chi connectivity index (χ1) is 24.7. The first-order valence-corrected chi connectivity index (χ1v) is 19.1. The summed E-state index contributed by atoms with van der Waals surface area (Å²) in [4.78, 5) is 39.8. The average molecular weight is 718 g/mol. The molecule has 16 heteroatoms. The SMILES string of the molecule is CCOc1cccc(Cn2ncc3c(N4CCN(C(=O)[C@H]5CC[C@H](N6CCN(S(=O)(=O)c7ccccc7[N+](=O)[O-])CC6)CC5)CC4)ncnc32)c1. The van der Waals surface area contributed by atoms with Crippen molar-refractivity contribution in [1.29, 1.82) is 0 Å². The molecule has 0 radical (unpaired) electrons. The Labute approximate surface area is 297 Å². The number of hydrogen-bond acceptors (Lipinski definition) is 11. The van der Waals surface area contributed by atoms with Crippen LogP contribution in [0.2, 0.25) is 0 Å². The molecule has 1 aliphatic carbocycles. The van der Waals surface area contributed by atoms with E-state index in [1.165, 1.54) is 28.6 Å². The van der Waals surface area contributed by atoms with Crippen molar-refractivity contribution in [1.82, 2.24) is 33.9 Å². The van der Waals surface area contributed by atoms with Crippen molar-refractivity contribution in [2.24, 2.45) is 5.92 Å². The average Bonchev–Trinajstić information content (AvgIpc) is 3.57. The number of para-hydroxylation sites is 1. The molecule has 0 bridgehead atoms. The number of ether oxygens (including phenoxy) is 1. The van der Waals surface area contributed by atoms with Gasteiger partial charge in [-0.1, -0.05) is 24.3 Å². The third-order valence-electron chi connectivity index (χ3n) is 10.4. The molecule has 2 saturated heterocycles. The summed E-state index contributed by atoms with van der Waals surface area (Å²) in [5.41, 5.74) is 1.43. The van der Waals surface area contributed by atoms with E-state index < -0.39 is 20.6 Å². The molecule has 2 aromatic carbocycles. The lowest BCUT2D eigenvalue weighted by Crippen LogP contribution is -2.54. The number of carbonyl (C=O) groups is 1. The largest absolute Gasteiger partial charge is 0.494 e. The highest BCUT2D eigenvalue weighted by Crippen LogP contribution is 2.32. The van der Waals surface area contributed by atoms with Crippen LogP contribution in [0.1, 0.15) is 38.2 Å². The maximum Gasteiger partial charge on any atom is 0.289 e. The number of aromatic nitrogens is 4. The van der Waals surface area contributed by atoms with Crippen LogP contribution in [0.5, 0.6) is 5.75 Å². The molecule has 2 aliphatic heterocycles. The van der Waals surface area contributed by atoms with E-state index in [4.69, 9.17) is 4.74 Å². The molecule has 0 spiro atoms. The van der Waals surface area contributed by atoms with Gasteiger partial charge in [0.15, 0.2) is 10.5 Å². The van der Waals surface area contributed by atoms with E-state index in [1.54, 1.807) is 6.33 Å². The van der Waals surface area contributed by atoms with Crippen molar-refractivity contribution < 1.29 is 22.9 Å². The molecule has 51 heavy (non-hydrogen) atoms. The highest BCUT2D eigenvalue weighted by molar-refractivity contribution is 7.89. The van der Waals surface area contributed by atoms with Crippen LogP contribution < -0.4 is 9.64 Å². The monoisotopic (exact) mass is 717 g/mol. The number of fused-ring (bicyclic) bond motifs is 1. The highest BCUT2D eigenvalue weighted by Gasteiger charge is 2.37. The molecule has 4 aromatic rings. The standard InChI is InChI=1S/C35H43N9O6S/c1-2-50-29-7-5-6-26(22-29)24-43-34-30(23-38-43)33(36-25-37-34)40-14-16-41(17-15-40)35(45)27-10-12-28(13-11-27)39-18-20-42(21-19-39)51(48,49)32-9-4-3-8-31(32)44(46)47/h3-9,22-23,25,27-28H,2,10-21,24H2,1H3/t27-,28-. The number of piperazine rings is 2. The van der Waals surface area contributed by atoms with Gasteiger partial charge in [0.1, 0.15) is 17.9 Å². The number of carbonyl (C=O) groups excluding carboxylic acids is 1. The van der Waals surface area contributed by atoms with Gasteiger partial charge in [0.05, 0.1) is 29.7 Å². The first kappa shape index (κ1) is 34.8. The number of anilines is 1. The Bertz CT molecular complexity index is 1980. The molecule has 0 unspecified atom stereocenters. The number of sulfonamides is 1. The number of nitro groups is 1. The molecule has 1 saturated carbocycles. The second kappa shape index (κ2) is 14.9. The summed E-state index contributed by atoms with van der Waals surface area (Å²) in [6, 6.07) is 13.8. The Balaban J connectivity index is 0.896. The smallest absolute Gasteiger partial charge is 0.289 e. The molecular formula is C35H43N9O6S. The molecular weight excluding hydrogens is 675 g/mol. The topological polar surface area (TPSA) is 160 Å². The number of rotatable bonds is 10. The predicted octanol–water partition coefficient (Wildman–Crippen LogP) is 3.40. The van der Waals surface area contributed by atoms with Gasteiger partial charge in [0.2, 0.25) is 15.9 Å². The fourth-order valence-corrected chi connectivity index (χ4v) is 9.26. The third kappa shape index (κ3) is 7.25. The fourth-order valence-electron chi connectivity index (χ4n) is 7.68. The lowest BCUT2D eigenvalue weighted by Gasteiger charge is -2.42. The summed E-state index contributed by atoms with van der Waals surface area (Å²) in [5, 5.41) is 17.0. The number of benzene rings is 2. The maximum atomic E-state index is 13.6. The minimum atomic E-state index is -3.97. The minimum Gasteiger partial charge on any atom is -0.494 e. The quantitative estimate of drug-likeness (QED) is 0.175. The van der Waals surface area contributed by atoms with Gasteiger partial charge in [0, 0.05) is 70.4 Å². The van der Waals surface area contributed by atoms with Crippen molar-refractivity contribution in [2.45, 2.75) is 50.1 Å². The number of nitro benzene ring substituents is 1. The molecule has 1 amide bonds. The predicted molar refractivity (Wildman–Crippen MR) is 190 cm³/mol. The van der Waals surface area contributed by atoms with Crippen LogP contribution in [0.15, 0.2) is 66.0 Å². The highest BCUT2D eigenvalue weighted by atomic mass is 32.2. The van der Waals surface area contributed by atoms with E-state index >= 15 is 0 Å². The summed E-state index contributed by atoms with van der Waals surface area (Å²) < 4.78 is 35.4. The second-order valence-electron chi connectivity index (χ2n) is 13.3. The van der Waals surface area contributed by atoms with E-state index in [0.29, 0.717) is 52.4 Å². The Morgan fingerprint density at radius 1 is 0.941 bits per heavy atom. The Kier molecular flexibility index (Phi) is 10.2. The van der Waals surface area contributed by atoms with Gasteiger partial charge in [0.25, 0.3) is 5.69 Å². The van der Waals surface area contributed by atoms with Crippen LogP contribution in [0.25, 0.3) is 11.0 Å². The summed E-state index contributed by atoms with van der Waals surface area (Å²) >= 11 is 0. The molecule has 0 N–H and O–H groups in total. The van der Waals surface area contributed by atoms with Crippen LogP contribution in [-0.2, 0) is 21.4 Å². The van der Waals surface area contributed by atoms with Gasteiger partial charge in [-0.3, -0.25) is 19.8 Å². The molecule has 0 atom stereocenters. The van der Waals surface area contributed by atoms with Crippen LogP contribution in [0.3, 0.4) is 0 Å². The third-order valence-corrected chi connectivity index (χ3v) is 12.3. The van der Waals surface area contributed by atoms with E-state index in [1.807, 2.05) is 47.0 Å². The van der Waals surface area contributed by atoms with Gasteiger partial charge < -0.3 is 14.5 Å². The zero-order valence-corrected chi connectivity index (χ0v) is 29.5. The molecule has 270 valence electrons. The van der Waals surface area contributed by atoms with Crippen molar-refractivity contribution in [3.63, 3.8) is 0 Å². The van der Waals surface area contributed by atoms with Gasteiger partial charge in [-0.25, -0.2) is 23.1 Å². The minimum absolute atomic E-state index is 0.0154. The lowest BCUT2D eigenvalue weighted by molar-refractivity contribution is -0.387. The lowest BCUT2D eigenvalue weighted by atomic mass is 9.84. The van der Waals surface area contributed by atoms with E-state index in [9.17, 15) is 23.3 Å². The molecule has 4 heterocycles. The molecule has 3 aliphatic rings. The molecule has 3 fully saturated rings. The van der Waals surface area contributed by atoms with Crippen LogP contribution in [0, 0.1) is 16.0 Å². The summed E-state index contributed by atoms with van der Waals surface area (Å²) in [6.45, 7) is 7.40. The zero-order valence-electron chi connectivity index (χ0n) is 28.7. The Hall–Kier alpha value is -4.67. The molecule has 7 rings (SSSR count). The molecule has 15 nitrogen and oxygen atoms in total. The fraction of sp³-hybridized carbons (Fsp3) is 0.486. The normalized spacial score (nSPS) is 20.8. The molecule has 2 aromatic heterocycles. The summed E-state index contributed by atoms with van der Waals surface area (Å²) in [7, 11) is -3.97. The van der Waals surface area contributed by atoms with E-state index in [0.717, 1.165) is 53.8 Å². The van der Waals surface area contributed by atoms with Gasteiger partial charge in [-0.2, -0.15) is 9.40 Å². The zero-order chi connectivity index (χ0) is 35.5. The maximum absolute atomic E-state index is 13.6. The van der Waals surface area contributed by atoms with Crippen LogP contribution in [-0.4, -0.2) is 118 Å². The van der Waals surface area contributed by atoms with E-state index in [-0.39, 0.29) is 35.9 Å².